The summed E-state index contributed by atoms with van der Waals surface area (Å²) in [6.07, 6.45) is 1.30. The predicted molar refractivity (Wildman–Crippen MR) is 56.2 cm³/mol. The standard InChI is InChI=1S/C11H21NO2/c1-8-5-9(8)6-12(4)7-11(2,3)10(13)14/h8-9H,5-7H2,1-4H3,(H,13,14). The summed E-state index contributed by atoms with van der Waals surface area (Å²) < 4.78 is 0. The molecular weight excluding hydrogens is 178 g/mol. The number of hydrogen-bond acceptors (Lipinski definition) is 2. The first-order valence-corrected chi connectivity index (χ1v) is 5.25. The normalized spacial score (nSPS) is 26.6. The summed E-state index contributed by atoms with van der Waals surface area (Å²) in [7, 11) is 2.01. The smallest absolute Gasteiger partial charge is 0.310 e. The molecule has 3 nitrogen and oxygen atoms in total. The fraction of sp³-hybridized carbons (Fsp3) is 0.909. The molecule has 2 unspecified atom stereocenters. The molecule has 3 heteroatoms. The lowest BCUT2D eigenvalue weighted by Crippen LogP contribution is -2.38. The fourth-order valence-corrected chi connectivity index (χ4v) is 1.86. The van der Waals surface area contributed by atoms with Crippen molar-refractivity contribution in [3.05, 3.63) is 0 Å². The number of nitrogens with zero attached hydrogens (tertiary/aromatic N) is 1. The highest BCUT2D eigenvalue weighted by molar-refractivity contribution is 5.73. The molecule has 0 aromatic carbocycles. The van der Waals surface area contributed by atoms with Crippen LogP contribution in [-0.4, -0.2) is 36.1 Å². The lowest BCUT2D eigenvalue weighted by molar-refractivity contribution is -0.147. The highest BCUT2D eigenvalue weighted by atomic mass is 16.4. The van der Waals surface area contributed by atoms with Crippen molar-refractivity contribution < 1.29 is 9.90 Å². The molecule has 0 amide bonds. The number of carbonyl (C=O) groups is 1. The molecule has 0 bridgehead atoms. The van der Waals surface area contributed by atoms with Crippen LogP contribution in [0.3, 0.4) is 0 Å². The van der Waals surface area contributed by atoms with Gasteiger partial charge >= 0.3 is 5.97 Å². The van der Waals surface area contributed by atoms with Crippen LogP contribution in [0.2, 0.25) is 0 Å². The summed E-state index contributed by atoms with van der Waals surface area (Å²) in [6, 6.07) is 0. The molecule has 0 saturated heterocycles. The molecule has 0 radical (unpaired) electrons. The maximum absolute atomic E-state index is 10.9. The Kier molecular flexibility index (Phi) is 3.20. The van der Waals surface area contributed by atoms with E-state index in [1.54, 1.807) is 13.8 Å². The number of carboxylic acid groups (broad SMARTS) is 1. The van der Waals surface area contributed by atoms with Gasteiger partial charge in [0.1, 0.15) is 0 Å². The fourth-order valence-electron chi connectivity index (χ4n) is 1.86. The lowest BCUT2D eigenvalue weighted by atomic mass is 9.93. The second-order valence-electron chi connectivity index (χ2n) is 5.36. The van der Waals surface area contributed by atoms with E-state index in [2.05, 4.69) is 11.8 Å². The van der Waals surface area contributed by atoms with E-state index in [0.29, 0.717) is 6.54 Å². The topological polar surface area (TPSA) is 40.5 Å². The van der Waals surface area contributed by atoms with Gasteiger partial charge in [0, 0.05) is 13.1 Å². The molecule has 1 saturated carbocycles. The van der Waals surface area contributed by atoms with Gasteiger partial charge in [-0.1, -0.05) is 6.92 Å². The zero-order valence-corrected chi connectivity index (χ0v) is 9.58. The Morgan fingerprint density at radius 2 is 2.07 bits per heavy atom. The van der Waals surface area contributed by atoms with Gasteiger partial charge in [-0.25, -0.2) is 0 Å². The van der Waals surface area contributed by atoms with Crippen LogP contribution in [0.5, 0.6) is 0 Å². The highest BCUT2D eigenvalue weighted by Crippen LogP contribution is 2.38. The van der Waals surface area contributed by atoms with Gasteiger partial charge in [0.15, 0.2) is 0 Å². The summed E-state index contributed by atoms with van der Waals surface area (Å²) >= 11 is 0. The summed E-state index contributed by atoms with van der Waals surface area (Å²) in [4.78, 5) is 13.0. The van der Waals surface area contributed by atoms with Crippen LogP contribution in [0.25, 0.3) is 0 Å². The molecule has 1 aliphatic carbocycles. The van der Waals surface area contributed by atoms with E-state index in [1.807, 2.05) is 7.05 Å². The number of carboxylic acids is 1. The van der Waals surface area contributed by atoms with Crippen molar-refractivity contribution in [3.63, 3.8) is 0 Å². The van der Waals surface area contributed by atoms with Crippen molar-refractivity contribution in [2.45, 2.75) is 27.2 Å². The molecule has 0 spiro atoms. The van der Waals surface area contributed by atoms with Gasteiger partial charge in [0.2, 0.25) is 0 Å². The largest absolute Gasteiger partial charge is 0.481 e. The molecule has 0 aliphatic heterocycles. The van der Waals surface area contributed by atoms with E-state index < -0.39 is 11.4 Å². The van der Waals surface area contributed by atoms with E-state index in [-0.39, 0.29) is 0 Å². The molecular formula is C11H21NO2. The van der Waals surface area contributed by atoms with E-state index in [1.165, 1.54) is 6.42 Å². The Morgan fingerprint density at radius 3 is 2.43 bits per heavy atom. The monoisotopic (exact) mass is 199 g/mol. The van der Waals surface area contributed by atoms with E-state index >= 15 is 0 Å². The van der Waals surface area contributed by atoms with Crippen molar-refractivity contribution in [1.29, 1.82) is 0 Å². The average molecular weight is 199 g/mol. The van der Waals surface area contributed by atoms with Crippen LogP contribution in [0, 0.1) is 17.3 Å². The second-order valence-corrected chi connectivity index (χ2v) is 5.36. The van der Waals surface area contributed by atoms with Crippen molar-refractivity contribution in [3.8, 4) is 0 Å². The molecule has 1 N–H and O–H groups in total. The molecule has 1 aliphatic rings. The first-order valence-electron chi connectivity index (χ1n) is 5.25. The summed E-state index contributed by atoms with van der Waals surface area (Å²) in [5.74, 6) is 0.920. The van der Waals surface area contributed by atoms with Crippen molar-refractivity contribution in [1.82, 2.24) is 4.90 Å². The minimum atomic E-state index is -0.715. The molecule has 0 aromatic rings. The molecule has 14 heavy (non-hydrogen) atoms. The number of aliphatic carboxylic acids is 1. The van der Waals surface area contributed by atoms with Crippen molar-refractivity contribution in [2.24, 2.45) is 17.3 Å². The Labute approximate surface area is 86.1 Å². The molecule has 2 atom stereocenters. The van der Waals surface area contributed by atoms with Gasteiger partial charge in [-0.2, -0.15) is 0 Å². The lowest BCUT2D eigenvalue weighted by Gasteiger charge is -2.26. The third-order valence-electron chi connectivity index (χ3n) is 3.07. The van der Waals surface area contributed by atoms with E-state index in [0.717, 1.165) is 18.4 Å². The van der Waals surface area contributed by atoms with Crippen LogP contribution < -0.4 is 0 Å². The van der Waals surface area contributed by atoms with E-state index in [9.17, 15) is 4.79 Å². The SMILES string of the molecule is CC1CC1CN(C)CC(C)(C)C(=O)O. The molecule has 0 heterocycles. The van der Waals surface area contributed by atoms with Gasteiger partial charge in [-0.15, -0.1) is 0 Å². The Hall–Kier alpha value is -0.570. The van der Waals surface area contributed by atoms with Gasteiger partial charge in [0.05, 0.1) is 5.41 Å². The van der Waals surface area contributed by atoms with Gasteiger partial charge in [-0.05, 0) is 39.2 Å². The van der Waals surface area contributed by atoms with Gasteiger partial charge < -0.3 is 10.0 Å². The highest BCUT2D eigenvalue weighted by Gasteiger charge is 2.35. The van der Waals surface area contributed by atoms with Crippen LogP contribution in [0.15, 0.2) is 0 Å². The molecule has 1 fully saturated rings. The van der Waals surface area contributed by atoms with Gasteiger partial charge in [0.25, 0.3) is 0 Å². The molecule has 1 rings (SSSR count). The summed E-state index contributed by atoms with van der Waals surface area (Å²) in [6.45, 7) is 7.48. The maximum Gasteiger partial charge on any atom is 0.310 e. The number of rotatable bonds is 5. The maximum atomic E-state index is 10.9. The Bertz CT molecular complexity index is 225. The van der Waals surface area contributed by atoms with Crippen LogP contribution >= 0.6 is 0 Å². The van der Waals surface area contributed by atoms with Crippen LogP contribution in [0.4, 0.5) is 0 Å². The summed E-state index contributed by atoms with van der Waals surface area (Å²) in [5, 5.41) is 8.97. The quantitative estimate of drug-likeness (QED) is 0.732. The average Bonchev–Trinajstić information content (AvgIpc) is 2.64. The Morgan fingerprint density at radius 1 is 1.57 bits per heavy atom. The van der Waals surface area contributed by atoms with Crippen LogP contribution in [-0.2, 0) is 4.79 Å². The van der Waals surface area contributed by atoms with Crippen molar-refractivity contribution >= 4 is 5.97 Å². The van der Waals surface area contributed by atoms with E-state index in [4.69, 9.17) is 5.11 Å². The summed E-state index contributed by atoms with van der Waals surface area (Å²) in [5.41, 5.74) is -0.632. The first-order chi connectivity index (χ1) is 6.33. The minimum Gasteiger partial charge on any atom is -0.481 e. The Balaban J connectivity index is 2.32. The molecule has 82 valence electrons. The second kappa shape index (κ2) is 3.89. The van der Waals surface area contributed by atoms with Gasteiger partial charge in [-0.3, -0.25) is 4.79 Å². The van der Waals surface area contributed by atoms with Crippen molar-refractivity contribution in [2.75, 3.05) is 20.1 Å². The predicted octanol–water partition coefficient (Wildman–Crippen LogP) is 1.69. The third-order valence-corrected chi connectivity index (χ3v) is 3.07. The number of hydrogen-bond donors (Lipinski definition) is 1. The minimum absolute atomic E-state index is 0.631. The van der Waals surface area contributed by atoms with Crippen LogP contribution in [0.1, 0.15) is 27.2 Å². The zero-order chi connectivity index (χ0) is 10.9. The third kappa shape index (κ3) is 2.98. The zero-order valence-electron chi connectivity index (χ0n) is 9.58. The first kappa shape index (κ1) is 11.5. The molecule has 0 aromatic heterocycles.